The van der Waals surface area contributed by atoms with Crippen molar-refractivity contribution >= 4 is 29.2 Å². The molecule has 3 rings (SSSR count). The molecule has 0 N–H and O–H groups in total. The molecule has 0 saturated carbocycles. The van der Waals surface area contributed by atoms with Crippen LogP contribution in [0.4, 0.5) is 0 Å². The van der Waals surface area contributed by atoms with Gasteiger partial charge in [0.1, 0.15) is 5.65 Å². The maximum atomic E-state index is 12.2. The van der Waals surface area contributed by atoms with Crippen LogP contribution >= 0.6 is 11.6 Å². The lowest BCUT2D eigenvalue weighted by molar-refractivity contribution is -0.127. The van der Waals surface area contributed by atoms with E-state index in [1.165, 1.54) is 0 Å². The zero-order valence-corrected chi connectivity index (χ0v) is 12.8. The van der Waals surface area contributed by atoms with Crippen LogP contribution in [0.3, 0.4) is 0 Å². The zero-order chi connectivity index (χ0) is 14.8. The van der Waals surface area contributed by atoms with Crippen LogP contribution in [0, 0.1) is 5.92 Å². The summed E-state index contributed by atoms with van der Waals surface area (Å²) in [7, 11) is 0. The number of pyridine rings is 1. The quantitative estimate of drug-likeness (QED) is 0.799. The second-order valence-electron chi connectivity index (χ2n) is 5.56. The highest BCUT2D eigenvalue weighted by Crippen LogP contribution is 2.20. The van der Waals surface area contributed by atoms with Crippen molar-refractivity contribution in [1.29, 1.82) is 0 Å². The van der Waals surface area contributed by atoms with Crippen molar-refractivity contribution in [1.82, 2.24) is 14.3 Å². The molecule has 1 amide bonds. The van der Waals surface area contributed by atoms with Crippen molar-refractivity contribution in [2.24, 2.45) is 5.92 Å². The molecule has 110 valence electrons. The highest BCUT2D eigenvalue weighted by Gasteiger charge is 2.18. The Kier molecular flexibility index (Phi) is 3.97. The molecule has 0 aliphatic carbocycles. The van der Waals surface area contributed by atoms with Gasteiger partial charge in [-0.2, -0.15) is 0 Å². The van der Waals surface area contributed by atoms with Gasteiger partial charge < -0.3 is 4.90 Å². The predicted octanol–water partition coefficient (Wildman–Crippen LogP) is 3.26. The number of fused-ring (bicyclic) bond motifs is 1. The lowest BCUT2D eigenvalue weighted by Gasteiger charge is -2.29. The molecule has 0 aromatic carbocycles. The molecule has 2 aromatic rings. The number of amides is 1. The monoisotopic (exact) mass is 303 g/mol. The summed E-state index contributed by atoms with van der Waals surface area (Å²) in [5, 5.41) is 0.414. The van der Waals surface area contributed by atoms with Gasteiger partial charge in [-0.1, -0.05) is 24.6 Å². The normalized spacial score (nSPS) is 17.0. The molecule has 1 fully saturated rings. The fourth-order valence-corrected chi connectivity index (χ4v) is 2.86. The van der Waals surface area contributed by atoms with E-state index in [9.17, 15) is 4.79 Å². The number of halogens is 1. The van der Waals surface area contributed by atoms with E-state index in [2.05, 4.69) is 11.9 Å². The second kappa shape index (κ2) is 5.90. The van der Waals surface area contributed by atoms with E-state index >= 15 is 0 Å². The fourth-order valence-electron chi connectivity index (χ4n) is 2.62. The van der Waals surface area contributed by atoms with Crippen LogP contribution in [0.1, 0.15) is 25.5 Å². The lowest BCUT2D eigenvalue weighted by Crippen LogP contribution is -2.36. The summed E-state index contributed by atoms with van der Waals surface area (Å²) in [5.74, 6) is 0.759. The summed E-state index contributed by atoms with van der Waals surface area (Å²) in [6.07, 6.45) is 7.40. The first-order valence-electron chi connectivity index (χ1n) is 7.25. The Labute approximate surface area is 129 Å². The Hall–Kier alpha value is -1.81. The molecule has 2 aromatic heterocycles. The van der Waals surface area contributed by atoms with Crippen molar-refractivity contribution in [2.45, 2.75) is 19.8 Å². The van der Waals surface area contributed by atoms with Gasteiger partial charge in [-0.25, -0.2) is 4.98 Å². The van der Waals surface area contributed by atoms with E-state index in [0.29, 0.717) is 11.1 Å². The van der Waals surface area contributed by atoms with Gasteiger partial charge in [0.15, 0.2) is 5.15 Å². The molecular formula is C16H18ClN3O. The van der Waals surface area contributed by atoms with E-state index < -0.39 is 0 Å². The van der Waals surface area contributed by atoms with E-state index in [4.69, 9.17) is 11.6 Å². The number of hydrogen-bond donors (Lipinski definition) is 0. The molecule has 3 heterocycles. The molecule has 4 nitrogen and oxygen atoms in total. The number of carbonyl (C=O) groups is 1. The molecule has 1 aliphatic rings. The standard InChI is InChI=1S/C16H18ClN3O/c1-12-7-10-19(11-8-12)15(21)6-5-13-16(17)18-14-4-2-3-9-20(13)14/h2-6,9,12H,7-8,10-11H2,1H3/b6-5+. The minimum Gasteiger partial charge on any atom is -0.339 e. The van der Waals surface area contributed by atoms with E-state index in [0.717, 1.165) is 37.3 Å². The van der Waals surface area contributed by atoms with Gasteiger partial charge in [-0.15, -0.1) is 0 Å². The smallest absolute Gasteiger partial charge is 0.246 e. The van der Waals surface area contributed by atoms with Gasteiger partial charge >= 0.3 is 0 Å². The average Bonchev–Trinajstić information content (AvgIpc) is 2.81. The molecule has 1 saturated heterocycles. The van der Waals surface area contributed by atoms with Gasteiger partial charge in [-0.3, -0.25) is 9.20 Å². The number of likely N-dealkylation sites (tertiary alicyclic amines) is 1. The number of aromatic nitrogens is 2. The van der Waals surface area contributed by atoms with Crippen LogP contribution in [-0.4, -0.2) is 33.3 Å². The largest absolute Gasteiger partial charge is 0.339 e. The van der Waals surface area contributed by atoms with Gasteiger partial charge in [0.05, 0.1) is 5.69 Å². The molecule has 1 aliphatic heterocycles. The lowest BCUT2D eigenvalue weighted by atomic mass is 9.99. The van der Waals surface area contributed by atoms with Gasteiger partial charge in [0.2, 0.25) is 5.91 Å². The number of piperidine rings is 1. The third-order valence-corrected chi connectivity index (χ3v) is 4.28. The molecule has 0 spiro atoms. The van der Waals surface area contributed by atoms with E-state index in [1.54, 1.807) is 12.2 Å². The number of carbonyl (C=O) groups excluding carboxylic acids is 1. The third kappa shape index (κ3) is 2.95. The first-order chi connectivity index (χ1) is 10.1. The van der Waals surface area contributed by atoms with Crippen LogP contribution in [0.5, 0.6) is 0 Å². The molecule has 0 bridgehead atoms. The van der Waals surface area contributed by atoms with Crippen molar-refractivity contribution in [2.75, 3.05) is 13.1 Å². The Morgan fingerprint density at radius 2 is 2.14 bits per heavy atom. The van der Waals surface area contributed by atoms with Crippen LogP contribution in [0.15, 0.2) is 30.5 Å². The van der Waals surface area contributed by atoms with Crippen molar-refractivity contribution in [3.8, 4) is 0 Å². The molecular weight excluding hydrogens is 286 g/mol. The number of imidazole rings is 1. The maximum absolute atomic E-state index is 12.2. The number of nitrogens with zero attached hydrogens (tertiary/aromatic N) is 3. The third-order valence-electron chi connectivity index (χ3n) is 4.00. The minimum absolute atomic E-state index is 0.0452. The summed E-state index contributed by atoms with van der Waals surface area (Å²) >= 11 is 6.15. The van der Waals surface area contributed by atoms with Gasteiger partial charge in [-0.05, 0) is 37.0 Å². The molecule has 0 atom stereocenters. The van der Waals surface area contributed by atoms with Gasteiger partial charge in [0, 0.05) is 25.4 Å². The maximum Gasteiger partial charge on any atom is 0.246 e. The second-order valence-corrected chi connectivity index (χ2v) is 5.92. The summed E-state index contributed by atoms with van der Waals surface area (Å²) in [4.78, 5) is 18.4. The summed E-state index contributed by atoms with van der Waals surface area (Å²) in [6.45, 7) is 3.91. The Morgan fingerprint density at radius 1 is 1.38 bits per heavy atom. The van der Waals surface area contributed by atoms with E-state index in [1.807, 2.05) is 33.7 Å². The number of hydrogen-bond acceptors (Lipinski definition) is 2. The fraction of sp³-hybridized carbons (Fsp3) is 0.375. The highest BCUT2D eigenvalue weighted by molar-refractivity contribution is 6.31. The summed E-state index contributed by atoms with van der Waals surface area (Å²) in [6, 6.07) is 5.71. The zero-order valence-electron chi connectivity index (χ0n) is 12.0. The van der Waals surface area contributed by atoms with Crippen molar-refractivity contribution in [3.63, 3.8) is 0 Å². The average molecular weight is 304 g/mol. The van der Waals surface area contributed by atoms with E-state index in [-0.39, 0.29) is 5.91 Å². The summed E-state index contributed by atoms with van der Waals surface area (Å²) in [5.41, 5.74) is 1.52. The first-order valence-corrected chi connectivity index (χ1v) is 7.62. The van der Waals surface area contributed by atoms with Crippen LogP contribution < -0.4 is 0 Å². The summed E-state index contributed by atoms with van der Waals surface area (Å²) < 4.78 is 1.88. The number of rotatable bonds is 2. The minimum atomic E-state index is 0.0452. The van der Waals surface area contributed by atoms with Crippen LogP contribution in [0.2, 0.25) is 5.15 Å². The predicted molar refractivity (Wildman–Crippen MR) is 84.2 cm³/mol. The van der Waals surface area contributed by atoms with Crippen LogP contribution in [0.25, 0.3) is 11.7 Å². The molecule has 21 heavy (non-hydrogen) atoms. The van der Waals surface area contributed by atoms with Gasteiger partial charge in [0.25, 0.3) is 0 Å². The molecule has 0 radical (unpaired) electrons. The highest BCUT2D eigenvalue weighted by atomic mass is 35.5. The first kappa shape index (κ1) is 14.1. The van der Waals surface area contributed by atoms with Crippen molar-refractivity contribution < 1.29 is 4.79 Å². The Morgan fingerprint density at radius 3 is 2.90 bits per heavy atom. The van der Waals surface area contributed by atoms with Crippen LogP contribution in [-0.2, 0) is 4.79 Å². The Bertz CT molecular complexity index is 684. The van der Waals surface area contributed by atoms with Crippen molar-refractivity contribution in [3.05, 3.63) is 41.3 Å². The SMILES string of the molecule is CC1CCN(C(=O)/C=C/c2c(Cl)nc3ccccn23)CC1. The molecule has 0 unspecified atom stereocenters. The topological polar surface area (TPSA) is 37.6 Å². The molecule has 5 heteroatoms. The Balaban J connectivity index is 1.78.